The lowest BCUT2D eigenvalue weighted by atomic mass is 9.92. The van der Waals surface area contributed by atoms with E-state index in [0.29, 0.717) is 16.8 Å². The van der Waals surface area contributed by atoms with E-state index < -0.39 is 35.9 Å². The summed E-state index contributed by atoms with van der Waals surface area (Å²) in [6.07, 6.45) is 0. The molecular formula is C24H20ClF2N3O3. The van der Waals surface area contributed by atoms with Gasteiger partial charge in [-0.2, -0.15) is 0 Å². The van der Waals surface area contributed by atoms with Gasteiger partial charge in [-0.1, -0.05) is 17.7 Å². The molecule has 0 fully saturated rings. The number of anilines is 2. The van der Waals surface area contributed by atoms with E-state index in [9.17, 15) is 23.2 Å². The standard InChI is InChI=1S/C24H20ClF2N3O3/c1-12-8-20-22(24(33)29(12)3)16-6-4-14(26)9-17(16)13(2)23(32)30(20)11-21(31)28-15-5-7-18(25)19(27)10-15/h4-10,13H,11H2,1-3H3,(H,28,31). The summed E-state index contributed by atoms with van der Waals surface area (Å²) in [7, 11) is 1.60. The lowest BCUT2D eigenvalue weighted by molar-refractivity contribution is -0.122. The number of carbonyl (C=O) groups excluding carboxylic acids is 2. The Balaban J connectivity index is 1.81. The number of aryl methyl sites for hydroxylation is 1. The van der Waals surface area contributed by atoms with Crippen LogP contribution in [-0.2, 0) is 16.6 Å². The molecule has 9 heteroatoms. The van der Waals surface area contributed by atoms with Crippen molar-refractivity contribution in [2.45, 2.75) is 19.8 Å². The lowest BCUT2D eigenvalue weighted by Gasteiger charge is -2.25. The van der Waals surface area contributed by atoms with Crippen molar-refractivity contribution in [3.63, 3.8) is 0 Å². The maximum Gasteiger partial charge on any atom is 0.260 e. The van der Waals surface area contributed by atoms with Gasteiger partial charge in [0.15, 0.2) is 0 Å². The number of nitrogens with zero attached hydrogens (tertiary/aromatic N) is 2. The number of amides is 2. The van der Waals surface area contributed by atoms with E-state index in [-0.39, 0.29) is 27.5 Å². The summed E-state index contributed by atoms with van der Waals surface area (Å²) < 4.78 is 29.2. The smallest absolute Gasteiger partial charge is 0.260 e. The van der Waals surface area contributed by atoms with Gasteiger partial charge in [0.25, 0.3) is 5.56 Å². The van der Waals surface area contributed by atoms with Crippen LogP contribution in [0, 0.1) is 18.6 Å². The molecule has 2 amide bonds. The fraction of sp³-hybridized carbons (Fsp3) is 0.208. The molecule has 33 heavy (non-hydrogen) atoms. The summed E-state index contributed by atoms with van der Waals surface area (Å²) in [5.41, 5.74) is 1.65. The van der Waals surface area contributed by atoms with Crippen LogP contribution in [0.4, 0.5) is 20.2 Å². The number of nitrogens with one attached hydrogen (secondary N) is 1. The lowest BCUT2D eigenvalue weighted by Crippen LogP contribution is -2.40. The molecule has 1 N–H and O–H groups in total. The van der Waals surface area contributed by atoms with Gasteiger partial charge >= 0.3 is 0 Å². The molecule has 1 aliphatic heterocycles. The molecule has 0 saturated carbocycles. The zero-order chi connectivity index (χ0) is 24.0. The van der Waals surface area contributed by atoms with Gasteiger partial charge in [0.2, 0.25) is 11.8 Å². The average molecular weight is 472 g/mol. The van der Waals surface area contributed by atoms with Crippen LogP contribution < -0.4 is 15.8 Å². The summed E-state index contributed by atoms with van der Waals surface area (Å²) in [6.45, 7) is 2.88. The molecule has 0 aliphatic carbocycles. The minimum atomic E-state index is -0.811. The number of fused-ring (bicyclic) bond motifs is 3. The number of halogens is 3. The first-order valence-electron chi connectivity index (χ1n) is 10.1. The average Bonchev–Trinajstić information content (AvgIpc) is 2.84. The predicted molar refractivity (Wildman–Crippen MR) is 123 cm³/mol. The largest absolute Gasteiger partial charge is 0.324 e. The van der Waals surface area contributed by atoms with Crippen LogP contribution >= 0.6 is 11.6 Å². The number of rotatable bonds is 3. The topological polar surface area (TPSA) is 71.4 Å². The summed E-state index contributed by atoms with van der Waals surface area (Å²) in [6, 6.07) is 9.40. The van der Waals surface area contributed by atoms with Crippen molar-refractivity contribution in [3.8, 4) is 11.1 Å². The van der Waals surface area contributed by atoms with Gasteiger partial charge in [0.05, 0.1) is 22.2 Å². The summed E-state index contributed by atoms with van der Waals surface area (Å²) in [5, 5.41) is 2.45. The highest BCUT2D eigenvalue weighted by Crippen LogP contribution is 2.39. The molecule has 1 aliphatic rings. The van der Waals surface area contributed by atoms with E-state index in [1.165, 1.54) is 39.8 Å². The van der Waals surface area contributed by atoms with E-state index in [2.05, 4.69) is 5.32 Å². The van der Waals surface area contributed by atoms with Gasteiger partial charge in [-0.3, -0.25) is 14.4 Å². The Morgan fingerprint density at radius 1 is 1.12 bits per heavy atom. The zero-order valence-corrected chi connectivity index (χ0v) is 18.8. The quantitative estimate of drug-likeness (QED) is 0.616. The van der Waals surface area contributed by atoms with Gasteiger partial charge in [0.1, 0.15) is 18.2 Å². The second-order valence-electron chi connectivity index (χ2n) is 7.96. The van der Waals surface area contributed by atoms with E-state index >= 15 is 0 Å². The van der Waals surface area contributed by atoms with Gasteiger partial charge < -0.3 is 14.8 Å². The third-order valence-electron chi connectivity index (χ3n) is 5.83. The fourth-order valence-corrected chi connectivity index (χ4v) is 4.07. The Bertz CT molecular complexity index is 1370. The summed E-state index contributed by atoms with van der Waals surface area (Å²) in [5.74, 6) is -3.11. The second kappa shape index (κ2) is 8.44. The molecule has 2 aromatic carbocycles. The molecule has 0 bridgehead atoms. The van der Waals surface area contributed by atoms with Crippen LogP contribution in [0.2, 0.25) is 5.02 Å². The molecule has 0 spiro atoms. The number of hydrogen-bond acceptors (Lipinski definition) is 3. The summed E-state index contributed by atoms with van der Waals surface area (Å²) in [4.78, 5) is 40.7. The zero-order valence-electron chi connectivity index (χ0n) is 18.1. The number of benzene rings is 2. The fourth-order valence-electron chi connectivity index (χ4n) is 3.96. The first kappa shape index (κ1) is 22.7. The van der Waals surface area contributed by atoms with Crippen LogP contribution in [-0.4, -0.2) is 22.9 Å². The minimum Gasteiger partial charge on any atom is -0.324 e. The molecule has 3 aromatic rings. The van der Waals surface area contributed by atoms with Crippen LogP contribution in [0.3, 0.4) is 0 Å². The highest BCUT2D eigenvalue weighted by molar-refractivity contribution is 6.30. The van der Waals surface area contributed by atoms with Gasteiger partial charge in [-0.05, 0) is 61.4 Å². The van der Waals surface area contributed by atoms with E-state index in [1.54, 1.807) is 27.0 Å². The molecule has 6 nitrogen and oxygen atoms in total. The van der Waals surface area contributed by atoms with Crippen molar-refractivity contribution in [2.75, 3.05) is 16.8 Å². The van der Waals surface area contributed by atoms with Crippen LogP contribution in [0.15, 0.2) is 47.3 Å². The van der Waals surface area contributed by atoms with Crippen molar-refractivity contribution in [1.82, 2.24) is 4.57 Å². The van der Waals surface area contributed by atoms with Gasteiger partial charge in [-0.15, -0.1) is 0 Å². The Hall–Kier alpha value is -3.52. The number of pyridine rings is 1. The molecular weight excluding hydrogens is 452 g/mol. The maximum atomic E-state index is 14.0. The first-order valence-corrected chi connectivity index (χ1v) is 10.5. The Labute approximate surface area is 193 Å². The van der Waals surface area contributed by atoms with Crippen LogP contribution in [0.5, 0.6) is 0 Å². The van der Waals surface area contributed by atoms with E-state index in [0.717, 1.165) is 6.07 Å². The monoisotopic (exact) mass is 471 g/mol. The molecule has 2 heterocycles. The third kappa shape index (κ3) is 4.02. The molecule has 0 radical (unpaired) electrons. The highest BCUT2D eigenvalue weighted by atomic mass is 35.5. The van der Waals surface area contributed by atoms with Crippen LogP contribution in [0.25, 0.3) is 11.1 Å². The Morgan fingerprint density at radius 3 is 2.55 bits per heavy atom. The number of aromatic nitrogens is 1. The Kier molecular flexibility index (Phi) is 5.80. The van der Waals surface area contributed by atoms with Crippen molar-refractivity contribution in [3.05, 3.63) is 80.7 Å². The SMILES string of the molecule is Cc1cc2c(c(=O)n1C)-c1ccc(F)cc1C(C)C(=O)N2CC(=O)Nc1ccc(Cl)c(F)c1. The summed E-state index contributed by atoms with van der Waals surface area (Å²) >= 11 is 5.68. The second-order valence-corrected chi connectivity index (χ2v) is 8.37. The van der Waals surface area contributed by atoms with Crippen molar-refractivity contribution in [2.24, 2.45) is 7.05 Å². The van der Waals surface area contributed by atoms with E-state index in [4.69, 9.17) is 11.6 Å². The molecule has 1 aromatic heterocycles. The van der Waals surface area contributed by atoms with Crippen molar-refractivity contribution in [1.29, 1.82) is 0 Å². The number of carbonyl (C=O) groups is 2. The molecule has 170 valence electrons. The van der Waals surface area contributed by atoms with Crippen molar-refractivity contribution < 1.29 is 18.4 Å². The molecule has 1 atom stereocenters. The van der Waals surface area contributed by atoms with Crippen molar-refractivity contribution >= 4 is 34.8 Å². The molecule has 0 saturated heterocycles. The third-order valence-corrected chi connectivity index (χ3v) is 6.14. The highest BCUT2D eigenvalue weighted by Gasteiger charge is 2.34. The maximum absolute atomic E-state index is 14.0. The first-order chi connectivity index (χ1) is 15.6. The van der Waals surface area contributed by atoms with Gasteiger partial charge in [-0.25, -0.2) is 8.78 Å². The van der Waals surface area contributed by atoms with Crippen LogP contribution in [0.1, 0.15) is 24.1 Å². The van der Waals surface area contributed by atoms with E-state index in [1.807, 2.05) is 0 Å². The minimum absolute atomic E-state index is 0.0882. The normalized spacial score (nSPS) is 15.0. The molecule has 4 rings (SSSR count). The van der Waals surface area contributed by atoms with Gasteiger partial charge in [0, 0.05) is 18.4 Å². The predicted octanol–water partition coefficient (Wildman–Crippen LogP) is 4.38. The Morgan fingerprint density at radius 2 is 1.85 bits per heavy atom. The number of hydrogen-bond donors (Lipinski definition) is 1. The molecule has 1 unspecified atom stereocenters.